The second-order valence-corrected chi connectivity index (χ2v) is 8.28. The second kappa shape index (κ2) is 7.04. The van der Waals surface area contributed by atoms with E-state index >= 15 is 0 Å². The van der Waals surface area contributed by atoms with E-state index in [1.54, 1.807) is 0 Å². The first kappa shape index (κ1) is 18.6. The monoisotopic (exact) mass is 356 g/mol. The summed E-state index contributed by atoms with van der Waals surface area (Å²) in [5, 5.41) is 19.6. The predicted molar refractivity (Wildman–Crippen MR) is 92.4 cm³/mol. The number of para-hydroxylation sites is 1. The highest BCUT2D eigenvalue weighted by molar-refractivity contribution is 7.89. The number of nitrogens with one attached hydrogen (secondary N) is 1. The number of nitrogens with zero attached hydrogens (tertiary/aromatic N) is 2. The highest BCUT2D eigenvalue weighted by Crippen LogP contribution is 2.40. The molecule has 0 saturated heterocycles. The van der Waals surface area contributed by atoms with Gasteiger partial charge in [0.05, 0.1) is 4.92 Å². The summed E-state index contributed by atoms with van der Waals surface area (Å²) in [6.45, 7) is 1.43. The SMILES string of the molecule is CN(C)CC1(CNc2cccc(S(N)(=O)=O)c2[N+](=O)[O-])CCCC1. The Bertz CT molecular complexity index is 712. The lowest BCUT2D eigenvalue weighted by atomic mass is 9.85. The number of nitro groups is 1. The Balaban J connectivity index is 2.31. The van der Waals surface area contributed by atoms with Crippen LogP contribution in [0.5, 0.6) is 0 Å². The molecule has 3 N–H and O–H groups in total. The Hall–Kier alpha value is -1.71. The van der Waals surface area contributed by atoms with E-state index in [-0.39, 0.29) is 11.1 Å². The zero-order valence-electron chi connectivity index (χ0n) is 14.0. The lowest BCUT2D eigenvalue weighted by Gasteiger charge is -2.32. The van der Waals surface area contributed by atoms with Crippen molar-refractivity contribution < 1.29 is 13.3 Å². The second-order valence-electron chi connectivity index (χ2n) is 6.75. The molecule has 0 heterocycles. The van der Waals surface area contributed by atoms with Crippen LogP contribution in [0.1, 0.15) is 25.7 Å². The molecule has 2 rings (SSSR count). The normalized spacial score (nSPS) is 17.2. The minimum Gasteiger partial charge on any atom is -0.379 e. The van der Waals surface area contributed by atoms with Crippen molar-refractivity contribution in [3.63, 3.8) is 0 Å². The van der Waals surface area contributed by atoms with Gasteiger partial charge in [0.25, 0.3) is 0 Å². The van der Waals surface area contributed by atoms with E-state index in [0.29, 0.717) is 6.54 Å². The molecule has 1 saturated carbocycles. The van der Waals surface area contributed by atoms with Crippen molar-refractivity contribution in [3.8, 4) is 0 Å². The van der Waals surface area contributed by atoms with Gasteiger partial charge in [0.1, 0.15) is 5.69 Å². The summed E-state index contributed by atoms with van der Waals surface area (Å²) >= 11 is 0. The number of benzene rings is 1. The summed E-state index contributed by atoms with van der Waals surface area (Å²) in [5.74, 6) is 0. The van der Waals surface area contributed by atoms with Crippen LogP contribution in [-0.4, -0.2) is 45.4 Å². The number of hydrogen-bond donors (Lipinski definition) is 2. The van der Waals surface area contributed by atoms with Crippen molar-refractivity contribution in [2.45, 2.75) is 30.6 Å². The summed E-state index contributed by atoms with van der Waals surface area (Å²) < 4.78 is 23.2. The number of nitro benzene ring substituents is 1. The molecule has 0 bridgehead atoms. The topological polar surface area (TPSA) is 119 Å². The van der Waals surface area contributed by atoms with Gasteiger partial charge >= 0.3 is 5.69 Å². The number of anilines is 1. The van der Waals surface area contributed by atoms with Crippen molar-refractivity contribution in [1.29, 1.82) is 0 Å². The smallest absolute Gasteiger partial charge is 0.312 e. The molecule has 1 aromatic carbocycles. The highest BCUT2D eigenvalue weighted by Gasteiger charge is 2.35. The van der Waals surface area contributed by atoms with E-state index in [9.17, 15) is 18.5 Å². The molecule has 0 spiro atoms. The number of rotatable bonds is 7. The van der Waals surface area contributed by atoms with Gasteiger partial charge in [-0.1, -0.05) is 18.9 Å². The molecule has 1 fully saturated rings. The van der Waals surface area contributed by atoms with E-state index in [1.165, 1.54) is 12.1 Å². The van der Waals surface area contributed by atoms with E-state index in [4.69, 9.17) is 5.14 Å². The number of hydrogen-bond acceptors (Lipinski definition) is 6. The maximum absolute atomic E-state index is 11.6. The largest absolute Gasteiger partial charge is 0.379 e. The highest BCUT2D eigenvalue weighted by atomic mass is 32.2. The predicted octanol–water partition coefficient (Wildman–Crippen LogP) is 1.78. The summed E-state index contributed by atoms with van der Waals surface area (Å²) in [5.41, 5.74) is -0.260. The minimum absolute atomic E-state index is 0.0367. The Labute approximate surface area is 142 Å². The molecule has 0 aliphatic heterocycles. The first-order valence-electron chi connectivity index (χ1n) is 7.83. The van der Waals surface area contributed by atoms with Gasteiger partial charge < -0.3 is 10.2 Å². The molecular formula is C15H24N4O4S. The van der Waals surface area contributed by atoms with Gasteiger partial charge in [-0.25, -0.2) is 13.6 Å². The van der Waals surface area contributed by atoms with E-state index in [2.05, 4.69) is 10.2 Å². The molecule has 0 aromatic heterocycles. The van der Waals surface area contributed by atoms with E-state index in [1.807, 2.05) is 14.1 Å². The van der Waals surface area contributed by atoms with Crippen LogP contribution in [0.25, 0.3) is 0 Å². The maximum Gasteiger partial charge on any atom is 0.312 e. The van der Waals surface area contributed by atoms with Gasteiger partial charge in [-0.05, 0) is 39.1 Å². The zero-order chi connectivity index (χ0) is 18.0. The summed E-state index contributed by atoms with van der Waals surface area (Å²) in [4.78, 5) is 12.3. The Morgan fingerprint density at radius 2 is 1.96 bits per heavy atom. The van der Waals surface area contributed by atoms with Crippen molar-refractivity contribution >= 4 is 21.4 Å². The fourth-order valence-electron chi connectivity index (χ4n) is 3.55. The first-order chi connectivity index (χ1) is 11.1. The molecule has 9 heteroatoms. The van der Waals surface area contributed by atoms with Crippen LogP contribution >= 0.6 is 0 Å². The summed E-state index contributed by atoms with van der Waals surface area (Å²) in [7, 11) is -0.154. The van der Waals surface area contributed by atoms with Gasteiger partial charge in [-0.3, -0.25) is 10.1 Å². The van der Waals surface area contributed by atoms with Gasteiger partial charge in [0.2, 0.25) is 10.0 Å². The van der Waals surface area contributed by atoms with Crippen LogP contribution in [0.15, 0.2) is 23.1 Å². The lowest BCUT2D eigenvalue weighted by molar-refractivity contribution is -0.386. The molecule has 1 aliphatic rings. The third-order valence-electron chi connectivity index (χ3n) is 4.46. The third kappa shape index (κ3) is 4.22. The van der Waals surface area contributed by atoms with Crippen LogP contribution in [0, 0.1) is 15.5 Å². The Kier molecular flexibility index (Phi) is 5.46. The molecule has 8 nitrogen and oxygen atoms in total. The van der Waals surface area contributed by atoms with Crippen LogP contribution in [0.2, 0.25) is 0 Å². The van der Waals surface area contributed by atoms with E-state index < -0.39 is 25.5 Å². The van der Waals surface area contributed by atoms with Crippen LogP contribution in [0.4, 0.5) is 11.4 Å². The van der Waals surface area contributed by atoms with E-state index in [0.717, 1.165) is 38.3 Å². The first-order valence-corrected chi connectivity index (χ1v) is 9.38. The molecule has 1 aliphatic carbocycles. The summed E-state index contributed by atoms with van der Waals surface area (Å²) in [6, 6.07) is 4.14. The maximum atomic E-state index is 11.6. The molecule has 0 amide bonds. The number of sulfonamides is 1. The lowest BCUT2D eigenvalue weighted by Crippen LogP contribution is -2.37. The van der Waals surface area contributed by atoms with Gasteiger partial charge in [0.15, 0.2) is 4.90 Å². The Morgan fingerprint density at radius 1 is 1.33 bits per heavy atom. The van der Waals surface area contributed by atoms with Crippen LogP contribution in [0.3, 0.4) is 0 Å². The van der Waals surface area contributed by atoms with Gasteiger partial charge in [-0.15, -0.1) is 0 Å². The van der Waals surface area contributed by atoms with Gasteiger partial charge in [0, 0.05) is 18.5 Å². The molecule has 0 unspecified atom stereocenters. The fourth-order valence-corrected chi connectivity index (χ4v) is 4.27. The standard InChI is InChI=1S/C15H24N4O4S/c1-18(2)11-15(8-3-4-9-15)10-17-12-6-5-7-13(24(16,22)23)14(12)19(20)21/h5-7,17H,3-4,8-11H2,1-2H3,(H2,16,22,23). The molecule has 0 atom stereocenters. The van der Waals surface area contributed by atoms with Crippen molar-refractivity contribution in [2.75, 3.05) is 32.5 Å². The molecular weight excluding hydrogens is 332 g/mol. The number of nitrogens with two attached hydrogens (primary N) is 1. The fraction of sp³-hybridized carbons (Fsp3) is 0.600. The molecule has 134 valence electrons. The molecule has 0 radical (unpaired) electrons. The van der Waals surface area contributed by atoms with Crippen LogP contribution in [-0.2, 0) is 10.0 Å². The quantitative estimate of drug-likeness (QED) is 0.568. The molecule has 24 heavy (non-hydrogen) atoms. The Morgan fingerprint density at radius 3 is 2.46 bits per heavy atom. The van der Waals surface area contributed by atoms with Crippen molar-refractivity contribution in [2.24, 2.45) is 10.6 Å². The minimum atomic E-state index is -4.16. The van der Waals surface area contributed by atoms with Crippen molar-refractivity contribution in [1.82, 2.24) is 4.90 Å². The third-order valence-corrected chi connectivity index (χ3v) is 5.40. The average molecular weight is 356 g/mol. The van der Waals surface area contributed by atoms with Gasteiger partial charge in [-0.2, -0.15) is 0 Å². The number of primary sulfonamides is 1. The average Bonchev–Trinajstić information content (AvgIpc) is 2.91. The summed E-state index contributed by atoms with van der Waals surface area (Å²) in [6.07, 6.45) is 4.35. The van der Waals surface area contributed by atoms with Crippen LogP contribution < -0.4 is 10.5 Å². The molecule has 1 aromatic rings. The zero-order valence-corrected chi connectivity index (χ0v) is 14.8. The van der Waals surface area contributed by atoms with Crippen molar-refractivity contribution in [3.05, 3.63) is 28.3 Å².